The molecule has 0 N–H and O–H groups in total. The minimum Gasteiger partial charge on any atom is -0.497 e. The Morgan fingerprint density at radius 1 is 1.00 bits per heavy atom. The Morgan fingerprint density at radius 3 is 2.57 bits per heavy atom. The molecule has 0 atom stereocenters. The van der Waals surface area contributed by atoms with Crippen molar-refractivity contribution < 1.29 is 4.74 Å². The predicted octanol–water partition coefficient (Wildman–Crippen LogP) is 6.20. The van der Waals surface area contributed by atoms with Gasteiger partial charge in [-0.3, -0.25) is 4.98 Å². The molecule has 0 unspecified atom stereocenters. The average Bonchev–Trinajstić information content (AvgIpc) is 2.46. The lowest BCUT2D eigenvalue weighted by Crippen LogP contribution is -1.89. The number of aromatic nitrogens is 1. The zero-order valence-corrected chi connectivity index (χ0v) is 15.8. The molecule has 0 fully saturated rings. The molecule has 1 heterocycles. The van der Waals surface area contributed by atoms with Gasteiger partial charge in [-0.25, -0.2) is 0 Å². The van der Waals surface area contributed by atoms with Crippen LogP contribution in [0.15, 0.2) is 56.0 Å². The number of rotatable bonds is 2. The van der Waals surface area contributed by atoms with Gasteiger partial charge in [-0.2, -0.15) is 0 Å². The highest BCUT2D eigenvalue weighted by Crippen LogP contribution is 2.39. The summed E-state index contributed by atoms with van der Waals surface area (Å²) in [6, 6.07) is 12.1. The molecule has 0 radical (unpaired) electrons. The van der Waals surface area contributed by atoms with E-state index < -0.39 is 0 Å². The SMILES string of the molecule is COc1cccc(-c2c(Br)cnc3c(Br)cc(Br)cc23)c1. The molecule has 0 saturated heterocycles. The van der Waals surface area contributed by atoms with Gasteiger partial charge in [0.1, 0.15) is 5.75 Å². The van der Waals surface area contributed by atoms with Crippen LogP contribution < -0.4 is 4.74 Å². The van der Waals surface area contributed by atoms with Gasteiger partial charge in [0.25, 0.3) is 0 Å². The van der Waals surface area contributed by atoms with Crippen molar-refractivity contribution in [1.29, 1.82) is 0 Å². The van der Waals surface area contributed by atoms with E-state index in [2.05, 4.69) is 64.9 Å². The van der Waals surface area contributed by atoms with E-state index in [1.807, 2.05) is 30.5 Å². The standard InChI is InChI=1S/C16H10Br3NO/c1-21-11-4-2-3-9(5-11)15-12-6-10(17)7-13(18)16(12)20-8-14(15)19/h2-8H,1H3. The maximum Gasteiger partial charge on any atom is 0.119 e. The molecule has 2 nitrogen and oxygen atoms in total. The lowest BCUT2D eigenvalue weighted by Gasteiger charge is -2.12. The largest absolute Gasteiger partial charge is 0.497 e. The molecule has 0 aliphatic rings. The summed E-state index contributed by atoms with van der Waals surface area (Å²) in [7, 11) is 1.67. The number of fused-ring (bicyclic) bond motifs is 1. The van der Waals surface area contributed by atoms with E-state index in [9.17, 15) is 0 Å². The molecule has 0 spiro atoms. The number of benzene rings is 2. The Hall–Kier alpha value is -0.910. The van der Waals surface area contributed by atoms with Gasteiger partial charge < -0.3 is 4.74 Å². The van der Waals surface area contributed by atoms with Crippen molar-refractivity contribution in [3.05, 3.63) is 56.0 Å². The summed E-state index contributed by atoms with van der Waals surface area (Å²) in [6.07, 6.45) is 1.83. The molecule has 0 aliphatic carbocycles. The number of nitrogens with zero attached hydrogens (tertiary/aromatic N) is 1. The monoisotopic (exact) mass is 469 g/mol. The smallest absolute Gasteiger partial charge is 0.119 e. The predicted molar refractivity (Wildman–Crippen MR) is 96.8 cm³/mol. The topological polar surface area (TPSA) is 22.1 Å². The molecule has 0 saturated carbocycles. The molecule has 3 rings (SSSR count). The molecule has 1 aromatic heterocycles. The van der Waals surface area contributed by atoms with Crippen molar-refractivity contribution in [3.8, 4) is 16.9 Å². The van der Waals surface area contributed by atoms with Crippen LogP contribution in [0.3, 0.4) is 0 Å². The number of methoxy groups -OCH3 is 1. The number of ether oxygens (including phenoxy) is 1. The van der Waals surface area contributed by atoms with Gasteiger partial charge in [-0.15, -0.1) is 0 Å². The number of halogens is 3. The summed E-state index contributed by atoms with van der Waals surface area (Å²) in [6.45, 7) is 0. The highest BCUT2D eigenvalue weighted by atomic mass is 79.9. The lowest BCUT2D eigenvalue weighted by atomic mass is 10.0. The lowest BCUT2D eigenvalue weighted by molar-refractivity contribution is 0.415. The Kier molecular flexibility index (Phi) is 4.33. The third kappa shape index (κ3) is 2.87. The van der Waals surface area contributed by atoms with Crippen LogP contribution in [-0.4, -0.2) is 12.1 Å². The van der Waals surface area contributed by atoms with Gasteiger partial charge in [-0.1, -0.05) is 28.1 Å². The Labute approximate surface area is 147 Å². The fourth-order valence-electron chi connectivity index (χ4n) is 2.27. The Balaban J connectivity index is 2.37. The zero-order chi connectivity index (χ0) is 15.0. The second kappa shape index (κ2) is 6.07. The van der Waals surface area contributed by atoms with Gasteiger partial charge >= 0.3 is 0 Å². The summed E-state index contributed by atoms with van der Waals surface area (Å²) < 4.78 is 8.25. The van der Waals surface area contributed by atoms with Crippen molar-refractivity contribution in [2.24, 2.45) is 0 Å². The number of pyridine rings is 1. The average molecular weight is 472 g/mol. The van der Waals surface area contributed by atoms with Crippen LogP contribution >= 0.6 is 47.8 Å². The van der Waals surface area contributed by atoms with Crippen LogP contribution in [0.4, 0.5) is 0 Å². The second-order valence-electron chi connectivity index (χ2n) is 4.50. The van der Waals surface area contributed by atoms with Gasteiger partial charge in [0.05, 0.1) is 12.6 Å². The van der Waals surface area contributed by atoms with Crippen LogP contribution in [0.1, 0.15) is 0 Å². The summed E-state index contributed by atoms with van der Waals surface area (Å²) in [5, 5.41) is 1.07. The summed E-state index contributed by atoms with van der Waals surface area (Å²) in [4.78, 5) is 4.50. The molecule has 5 heteroatoms. The first-order valence-corrected chi connectivity index (χ1v) is 8.55. The fraction of sp³-hybridized carbons (Fsp3) is 0.0625. The van der Waals surface area contributed by atoms with Crippen LogP contribution in [-0.2, 0) is 0 Å². The van der Waals surface area contributed by atoms with Crippen molar-refractivity contribution in [3.63, 3.8) is 0 Å². The highest BCUT2D eigenvalue weighted by Gasteiger charge is 2.13. The molecule has 21 heavy (non-hydrogen) atoms. The van der Waals surface area contributed by atoms with E-state index in [0.29, 0.717) is 0 Å². The molecular weight excluding hydrogens is 462 g/mol. The molecule has 2 aromatic carbocycles. The summed E-state index contributed by atoms with van der Waals surface area (Å²) in [5.41, 5.74) is 3.11. The first-order valence-electron chi connectivity index (χ1n) is 6.18. The maximum atomic E-state index is 5.33. The third-order valence-corrected chi connectivity index (χ3v) is 4.87. The summed E-state index contributed by atoms with van der Waals surface area (Å²) in [5.74, 6) is 0.832. The zero-order valence-electron chi connectivity index (χ0n) is 11.0. The van der Waals surface area contributed by atoms with E-state index >= 15 is 0 Å². The Bertz CT molecular complexity index is 833. The molecular formula is C16H10Br3NO. The van der Waals surface area contributed by atoms with Gasteiger partial charge in [0, 0.05) is 30.6 Å². The number of hydrogen-bond acceptors (Lipinski definition) is 2. The first-order chi connectivity index (χ1) is 10.1. The minimum atomic E-state index is 0.832. The van der Waals surface area contributed by atoms with Gasteiger partial charge in [0.2, 0.25) is 0 Å². The van der Waals surface area contributed by atoms with Crippen molar-refractivity contribution in [2.45, 2.75) is 0 Å². The van der Waals surface area contributed by atoms with E-state index in [1.165, 1.54) is 0 Å². The maximum absolute atomic E-state index is 5.33. The van der Waals surface area contributed by atoms with E-state index in [-0.39, 0.29) is 0 Å². The molecule has 0 aliphatic heterocycles. The van der Waals surface area contributed by atoms with Crippen molar-refractivity contribution in [2.75, 3.05) is 7.11 Å². The normalized spacial score (nSPS) is 10.9. The van der Waals surface area contributed by atoms with Crippen LogP contribution in [0, 0.1) is 0 Å². The van der Waals surface area contributed by atoms with Crippen LogP contribution in [0.5, 0.6) is 5.75 Å². The van der Waals surface area contributed by atoms with Crippen LogP contribution in [0.2, 0.25) is 0 Å². The highest BCUT2D eigenvalue weighted by molar-refractivity contribution is 9.11. The minimum absolute atomic E-state index is 0.832. The molecule has 106 valence electrons. The fourth-order valence-corrected chi connectivity index (χ4v) is 4.15. The van der Waals surface area contributed by atoms with Gasteiger partial charge in [0.15, 0.2) is 0 Å². The van der Waals surface area contributed by atoms with Gasteiger partial charge in [-0.05, 0) is 61.7 Å². The van der Waals surface area contributed by atoms with Crippen molar-refractivity contribution in [1.82, 2.24) is 4.98 Å². The molecule has 0 bridgehead atoms. The number of hydrogen-bond donors (Lipinski definition) is 0. The van der Waals surface area contributed by atoms with E-state index in [4.69, 9.17) is 4.74 Å². The quantitative estimate of drug-likeness (QED) is 0.444. The van der Waals surface area contributed by atoms with E-state index in [0.717, 1.165) is 41.2 Å². The van der Waals surface area contributed by atoms with Crippen molar-refractivity contribution >= 4 is 58.7 Å². The molecule has 3 aromatic rings. The second-order valence-corrected chi connectivity index (χ2v) is 7.12. The van der Waals surface area contributed by atoms with Crippen LogP contribution in [0.25, 0.3) is 22.0 Å². The molecule has 0 amide bonds. The third-order valence-electron chi connectivity index (χ3n) is 3.20. The Morgan fingerprint density at radius 2 is 1.81 bits per heavy atom. The first kappa shape index (κ1) is 15.0. The van der Waals surface area contributed by atoms with E-state index in [1.54, 1.807) is 7.11 Å². The summed E-state index contributed by atoms with van der Waals surface area (Å²) >= 11 is 10.7.